The van der Waals surface area contributed by atoms with E-state index in [9.17, 15) is 14.4 Å². The van der Waals surface area contributed by atoms with Gasteiger partial charge in [0.05, 0.1) is 34.2 Å². The van der Waals surface area contributed by atoms with Crippen LogP contribution in [0.5, 0.6) is 0 Å². The SMILES string of the molecule is C=CC(=O)N1CC2=C(C1)C(=O)C(n1nc(-c3ccc4ncsc4c3)c3c(N)ncnc31)C2=O. The van der Waals surface area contributed by atoms with Gasteiger partial charge in [-0.2, -0.15) is 5.10 Å². The number of aromatic nitrogens is 5. The lowest BCUT2D eigenvalue weighted by Gasteiger charge is -2.18. The van der Waals surface area contributed by atoms with Crippen LogP contribution in [0.3, 0.4) is 0 Å². The summed E-state index contributed by atoms with van der Waals surface area (Å²) in [6, 6.07) is 4.48. The molecule has 1 aliphatic heterocycles. The largest absolute Gasteiger partial charge is 0.383 e. The average molecular weight is 457 g/mol. The van der Waals surface area contributed by atoms with Gasteiger partial charge in [0.15, 0.2) is 23.3 Å². The van der Waals surface area contributed by atoms with Crippen LogP contribution in [-0.4, -0.2) is 60.2 Å². The Morgan fingerprint density at radius 1 is 1.15 bits per heavy atom. The van der Waals surface area contributed by atoms with Crippen molar-refractivity contribution in [3.05, 3.63) is 53.8 Å². The third-order valence-corrected chi connectivity index (χ3v) is 6.80. The van der Waals surface area contributed by atoms with Crippen molar-refractivity contribution in [1.29, 1.82) is 0 Å². The van der Waals surface area contributed by atoms with E-state index in [1.165, 1.54) is 33.3 Å². The van der Waals surface area contributed by atoms with Crippen molar-refractivity contribution in [2.24, 2.45) is 0 Å². The van der Waals surface area contributed by atoms with E-state index < -0.39 is 6.04 Å². The van der Waals surface area contributed by atoms with Gasteiger partial charge >= 0.3 is 0 Å². The molecule has 0 unspecified atom stereocenters. The Morgan fingerprint density at radius 3 is 2.64 bits per heavy atom. The molecule has 0 saturated carbocycles. The monoisotopic (exact) mass is 457 g/mol. The molecular weight excluding hydrogens is 442 g/mol. The Morgan fingerprint density at radius 2 is 1.91 bits per heavy atom. The fourth-order valence-corrected chi connectivity index (χ4v) is 5.13. The lowest BCUT2D eigenvalue weighted by molar-refractivity contribution is -0.127. The number of nitrogens with zero attached hydrogens (tertiary/aromatic N) is 6. The molecule has 0 atom stereocenters. The minimum atomic E-state index is -1.19. The number of nitrogens with two attached hydrogens (primary N) is 1. The van der Waals surface area contributed by atoms with Crippen LogP contribution < -0.4 is 5.73 Å². The predicted molar refractivity (Wildman–Crippen MR) is 121 cm³/mol. The van der Waals surface area contributed by atoms with Crippen LogP contribution in [-0.2, 0) is 14.4 Å². The zero-order valence-corrected chi connectivity index (χ0v) is 17.9. The van der Waals surface area contributed by atoms with Gasteiger partial charge in [-0.3, -0.25) is 14.4 Å². The van der Waals surface area contributed by atoms with Gasteiger partial charge in [-0.05, 0) is 18.2 Å². The summed E-state index contributed by atoms with van der Waals surface area (Å²) in [5, 5.41) is 5.12. The summed E-state index contributed by atoms with van der Waals surface area (Å²) in [6.45, 7) is 3.62. The van der Waals surface area contributed by atoms with E-state index in [1.54, 1.807) is 5.51 Å². The number of rotatable bonds is 3. The summed E-state index contributed by atoms with van der Waals surface area (Å²) >= 11 is 1.49. The first-order chi connectivity index (χ1) is 16.0. The molecule has 4 heterocycles. The molecule has 0 fully saturated rings. The molecule has 0 bridgehead atoms. The number of likely N-dealkylation sites (tertiary alicyclic amines) is 1. The molecule has 2 aliphatic rings. The van der Waals surface area contributed by atoms with Crippen molar-refractivity contribution in [3.8, 4) is 11.3 Å². The zero-order chi connectivity index (χ0) is 22.9. The van der Waals surface area contributed by atoms with Crippen LogP contribution in [0.25, 0.3) is 32.5 Å². The van der Waals surface area contributed by atoms with Gasteiger partial charge in [0.2, 0.25) is 5.91 Å². The Labute approximate surface area is 190 Å². The fraction of sp³-hybridized carbons (Fsp3) is 0.136. The predicted octanol–water partition coefficient (Wildman–Crippen LogP) is 1.70. The maximum Gasteiger partial charge on any atom is 0.246 e. The maximum absolute atomic E-state index is 13.3. The fourth-order valence-electron chi connectivity index (χ4n) is 4.42. The Balaban J connectivity index is 1.48. The van der Waals surface area contributed by atoms with E-state index in [1.807, 2.05) is 18.2 Å². The third-order valence-electron chi connectivity index (χ3n) is 6.01. The Hall–Kier alpha value is -4.25. The summed E-state index contributed by atoms with van der Waals surface area (Å²) in [7, 11) is 0. The highest BCUT2D eigenvalue weighted by molar-refractivity contribution is 7.16. The van der Waals surface area contributed by atoms with E-state index in [0.717, 1.165) is 15.8 Å². The van der Waals surface area contributed by atoms with E-state index >= 15 is 0 Å². The van der Waals surface area contributed by atoms with Crippen LogP contribution in [0.15, 0.2) is 53.8 Å². The first-order valence-corrected chi connectivity index (χ1v) is 10.9. The van der Waals surface area contributed by atoms with E-state index in [-0.39, 0.29) is 36.4 Å². The highest BCUT2D eigenvalue weighted by Gasteiger charge is 2.47. The molecule has 0 saturated heterocycles. The number of thiazole rings is 1. The van der Waals surface area contributed by atoms with Crippen LogP contribution in [0.1, 0.15) is 6.04 Å². The number of Topliss-reactive ketones (excluding diaryl/α,β-unsaturated/α-hetero) is 2. The second-order valence-electron chi connectivity index (χ2n) is 7.77. The van der Waals surface area contributed by atoms with E-state index in [2.05, 4.69) is 26.6 Å². The number of nitrogen functional groups attached to an aromatic ring is 1. The molecule has 11 heteroatoms. The summed E-state index contributed by atoms with van der Waals surface area (Å²) < 4.78 is 2.30. The van der Waals surface area contributed by atoms with Crippen LogP contribution in [0, 0.1) is 0 Å². The molecule has 6 rings (SSSR count). The van der Waals surface area contributed by atoms with Crippen LogP contribution >= 0.6 is 11.3 Å². The standard InChI is InChI=1S/C22H15N7O3S/c1-2-15(30)28-6-11-12(7-28)20(32)18(19(11)31)29-22-16(21(23)24-8-25-22)17(27-29)10-3-4-13-14(5-10)33-9-26-13/h2-5,8-9,18H,1,6-7H2,(H2,23,24,25). The topological polar surface area (TPSA) is 137 Å². The summed E-state index contributed by atoms with van der Waals surface area (Å²) in [6.07, 6.45) is 2.45. The molecule has 2 N–H and O–H groups in total. The number of carbonyl (C=O) groups excluding carboxylic acids is 3. The molecule has 0 spiro atoms. The average Bonchev–Trinajstić information content (AvgIpc) is 3.58. The van der Waals surface area contributed by atoms with Crippen molar-refractivity contribution in [3.63, 3.8) is 0 Å². The Kier molecular flexibility index (Phi) is 4.05. The van der Waals surface area contributed by atoms with Crippen molar-refractivity contribution >= 4 is 55.9 Å². The molecular formula is C22H15N7O3S. The number of amides is 1. The molecule has 3 aromatic heterocycles. The van der Waals surface area contributed by atoms with Crippen molar-refractivity contribution in [2.75, 3.05) is 18.8 Å². The van der Waals surface area contributed by atoms with E-state index in [4.69, 9.17) is 5.73 Å². The molecule has 162 valence electrons. The van der Waals surface area contributed by atoms with Crippen molar-refractivity contribution in [1.82, 2.24) is 29.6 Å². The van der Waals surface area contributed by atoms with Gasteiger partial charge in [0.25, 0.3) is 0 Å². The van der Waals surface area contributed by atoms with Gasteiger partial charge < -0.3 is 10.6 Å². The zero-order valence-electron chi connectivity index (χ0n) is 17.1. The quantitative estimate of drug-likeness (QED) is 0.363. The second-order valence-corrected chi connectivity index (χ2v) is 8.66. The van der Waals surface area contributed by atoms with Gasteiger partial charge in [-0.1, -0.05) is 12.6 Å². The minimum Gasteiger partial charge on any atom is -0.383 e. The summed E-state index contributed by atoms with van der Waals surface area (Å²) in [4.78, 5) is 52.6. The number of anilines is 1. The van der Waals surface area contributed by atoms with Crippen molar-refractivity contribution < 1.29 is 14.4 Å². The lowest BCUT2D eigenvalue weighted by Crippen LogP contribution is -2.34. The first kappa shape index (κ1) is 19.4. The molecule has 33 heavy (non-hydrogen) atoms. The third kappa shape index (κ3) is 2.69. The minimum absolute atomic E-state index is 0.0759. The lowest BCUT2D eigenvalue weighted by atomic mass is 10.1. The number of carbonyl (C=O) groups is 3. The molecule has 10 nitrogen and oxygen atoms in total. The molecule has 1 aliphatic carbocycles. The Bertz CT molecular complexity index is 1550. The second kappa shape index (κ2) is 6.87. The number of benzene rings is 1. The molecule has 0 radical (unpaired) electrons. The van der Waals surface area contributed by atoms with Gasteiger partial charge in [0, 0.05) is 16.7 Å². The summed E-state index contributed by atoms with van der Waals surface area (Å²) in [5.41, 5.74) is 11.0. The number of ketones is 2. The van der Waals surface area contributed by atoms with Gasteiger partial charge in [-0.15, -0.1) is 11.3 Å². The smallest absolute Gasteiger partial charge is 0.246 e. The highest BCUT2D eigenvalue weighted by Crippen LogP contribution is 2.38. The van der Waals surface area contributed by atoms with Gasteiger partial charge in [0.1, 0.15) is 17.8 Å². The maximum atomic E-state index is 13.3. The highest BCUT2D eigenvalue weighted by atomic mass is 32.1. The molecule has 1 aromatic carbocycles. The molecule has 1 amide bonds. The van der Waals surface area contributed by atoms with Crippen LogP contribution in [0.2, 0.25) is 0 Å². The van der Waals surface area contributed by atoms with Gasteiger partial charge in [-0.25, -0.2) is 19.6 Å². The number of fused-ring (bicyclic) bond motifs is 2. The van der Waals surface area contributed by atoms with E-state index in [0.29, 0.717) is 27.9 Å². The first-order valence-electron chi connectivity index (χ1n) is 10.0. The molecule has 4 aromatic rings. The normalized spacial score (nSPS) is 16.4. The summed E-state index contributed by atoms with van der Waals surface area (Å²) in [5.74, 6) is -0.903. The van der Waals surface area contributed by atoms with Crippen molar-refractivity contribution in [2.45, 2.75) is 6.04 Å². The number of hydrogen-bond acceptors (Lipinski definition) is 9. The van der Waals surface area contributed by atoms with Crippen LogP contribution in [0.4, 0.5) is 5.82 Å². The number of hydrogen-bond donors (Lipinski definition) is 1.